The molecule has 8 heteroatoms. The van der Waals surface area contributed by atoms with Gasteiger partial charge in [0.25, 0.3) is 0 Å². The molecule has 1 unspecified atom stereocenters. The van der Waals surface area contributed by atoms with Crippen LogP contribution in [0.2, 0.25) is 0 Å². The van der Waals surface area contributed by atoms with Gasteiger partial charge in [0, 0.05) is 6.61 Å². The van der Waals surface area contributed by atoms with E-state index in [9.17, 15) is 13.2 Å². The highest BCUT2D eigenvalue weighted by atomic mass is 19.4. The van der Waals surface area contributed by atoms with Crippen molar-refractivity contribution in [2.24, 2.45) is 11.8 Å². The van der Waals surface area contributed by atoms with Gasteiger partial charge in [0.15, 0.2) is 0 Å². The Morgan fingerprint density at radius 2 is 1.90 bits per heavy atom. The fourth-order valence-electron chi connectivity index (χ4n) is 1.68. The molecule has 4 N–H and O–H groups in total. The Bertz CT molecular complexity index is 452. The number of rotatable bonds is 7. The van der Waals surface area contributed by atoms with Crippen molar-refractivity contribution in [3.8, 4) is 0 Å². The third-order valence-electron chi connectivity index (χ3n) is 2.94. The molecule has 1 aromatic rings. The third kappa shape index (κ3) is 5.39. The summed E-state index contributed by atoms with van der Waals surface area (Å²) >= 11 is 0. The van der Waals surface area contributed by atoms with Crippen molar-refractivity contribution < 1.29 is 17.9 Å². The molecule has 0 radical (unpaired) electrons. The first-order valence-electron chi connectivity index (χ1n) is 6.68. The standard InChI is InChI=1S/C13H21F3N4O/c1-4-21-7-10(8(2)3)18-11-5-9(13(14,15)16)6-12(19-11)20-17/h5-6,8,10H,4,7,17H2,1-3H3,(H2,18,19,20). The molecule has 0 amide bonds. The van der Waals surface area contributed by atoms with Gasteiger partial charge in [0.05, 0.1) is 18.2 Å². The van der Waals surface area contributed by atoms with Crippen LogP contribution < -0.4 is 16.6 Å². The summed E-state index contributed by atoms with van der Waals surface area (Å²) in [5.74, 6) is 5.40. The van der Waals surface area contributed by atoms with Crippen LogP contribution in [0, 0.1) is 5.92 Å². The van der Waals surface area contributed by atoms with E-state index in [1.165, 1.54) is 0 Å². The summed E-state index contributed by atoms with van der Waals surface area (Å²) in [5, 5.41) is 2.97. The van der Waals surface area contributed by atoms with E-state index in [0.717, 1.165) is 12.1 Å². The second-order valence-corrected chi connectivity index (χ2v) is 4.92. The Balaban J connectivity index is 2.99. The number of nitrogens with two attached hydrogens (primary N) is 1. The van der Waals surface area contributed by atoms with Crippen molar-refractivity contribution in [1.82, 2.24) is 4.98 Å². The molecule has 0 fully saturated rings. The van der Waals surface area contributed by atoms with E-state index in [-0.39, 0.29) is 23.6 Å². The largest absolute Gasteiger partial charge is 0.416 e. The van der Waals surface area contributed by atoms with Crippen molar-refractivity contribution in [3.05, 3.63) is 17.7 Å². The monoisotopic (exact) mass is 306 g/mol. The lowest BCUT2D eigenvalue weighted by molar-refractivity contribution is -0.137. The Morgan fingerprint density at radius 1 is 1.29 bits per heavy atom. The Labute approximate surface area is 122 Å². The summed E-state index contributed by atoms with van der Waals surface area (Å²) in [6, 6.07) is 1.67. The van der Waals surface area contributed by atoms with E-state index in [1.54, 1.807) is 0 Å². The van der Waals surface area contributed by atoms with Gasteiger partial charge in [-0.15, -0.1) is 0 Å². The number of aromatic nitrogens is 1. The van der Waals surface area contributed by atoms with Crippen LogP contribution in [0.25, 0.3) is 0 Å². The van der Waals surface area contributed by atoms with Gasteiger partial charge in [-0.05, 0) is 25.0 Å². The van der Waals surface area contributed by atoms with Gasteiger partial charge in [-0.1, -0.05) is 13.8 Å². The second kappa shape index (κ2) is 7.46. The number of pyridine rings is 1. The van der Waals surface area contributed by atoms with E-state index in [0.29, 0.717) is 13.2 Å². The number of anilines is 2. The lowest BCUT2D eigenvalue weighted by Crippen LogP contribution is -2.31. The molecule has 0 aliphatic carbocycles. The number of nitrogen functional groups attached to an aromatic ring is 1. The number of hydrogen-bond donors (Lipinski definition) is 3. The van der Waals surface area contributed by atoms with Crippen molar-refractivity contribution in [2.45, 2.75) is 33.0 Å². The molecule has 0 bridgehead atoms. The van der Waals surface area contributed by atoms with E-state index < -0.39 is 11.7 Å². The third-order valence-corrected chi connectivity index (χ3v) is 2.94. The van der Waals surface area contributed by atoms with Crippen LogP contribution in [-0.2, 0) is 10.9 Å². The molecule has 5 nitrogen and oxygen atoms in total. The van der Waals surface area contributed by atoms with E-state index in [4.69, 9.17) is 10.6 Å². The lowest BCUT2D eigenvalue weighted by Gasteiger charge is -2.23. The maximum absolute atomic E-state index is 12.8. The van der Waals surface area contributed by atoms with Gasteiger partial charge in [0.1, 0.15) is 11.6 Å². The van der Waals surface area contributed by atoms with Crippen molar-refractivity contribution in [3.63, 3.8) is 0 Å². The SMILES string of the molecule is CCOCC(Nc1cc(C(F)(F)F)cc(NN)n1)C(C)C. The van der Waals surface area contributed by atoms with Crippen molar-refractivity contribution in [1.29, 1.82) is 0 Å². The first-order chi connectivity index (χ1) is 9.77. The number of nitrogens with one attached hydrogen (secondary N) is 2. The van der Waals surface area contributed by atoms with Crippen LogP contribution in [0.5, 0.6) is 0 Å². The maximum Gasteiger partial charge on any atom is 0.416 e. The van der Waals surface area contributed by atoms with Crippen LogP contribution in [0.1, 0.15) is 26.3 Å². The fourth-order valence-corrected chi connectivity index (χ4v) is 1.68. The molecule has 1 atom stereocenters. The average molecular weight is 306 g/mol. The first-order valence-corrected chi connectivity index (χ1v) is 6.68. The zero-order chi connectivity index (χ0) is 16.0. The Hall–Kier alpha value is -1.54. The summed E-state index contributed by atoms with van der Waals surface area (Å²) < 4.78 is 43.8. The number of nitrogens with zero attached hydrogens (tertiary/aromatic N) is 1. The highest BCUT2D eigenvalue weighted by molar-refractivity contribution is 5.49. The van der Waals surface area contributed by atoms with Crippen LogP contribution >= 0.6 is 0 Å². The molecular weight excluding hydrogens is 285 g/mol. The number of alkyl halides is 3. The van der Waals surface area contributed by atoms with Crippen LogP contribution in [0.4, 0.5) is 24.8 Å². The molecule has 0 saturated carbocycles. The minimum absolute atomic E-state index is 0.0498. The number of hydrogen-bond acceptors (Lipinski definition) is 5. The van der Waals surface area contributed by atoms with E-state index in [2.05, 4.69) is 15.7 Å². The van der Waals surface area contributed by atoms with Crippen LogP contribution in [-0.4, -0.2) is 24.2 Å². The predicted molar refractivity (Wildman–Crippen MR) is 75.8 cm³/mol. The molecular formula is C13H21F3N4O. The molecule has 1 rings (SSSR count). The zero-order valence-electron chi connectivity index (χ0n) is 12.3. The van der Waals surface area contributed by atoms with Crippen LogP contribution in [0.3, 0.4) is 0 Å². The minimum atomic E-state index is -4.46. The molecule has 1 aromatic heterocycles. The number of hydrazine groups is 1. The van der Waals surface area contributed by atoms with Crippen molar-refractivity contribution in [2.75, 3.05) is 24.0 Å². The minimum Gasteiger partial charge on any atom is -0.380 e. The first kappa shape index (κ1) is 17.5. The Kier molecular flexibility index (Phi) is 6.22. The highest BCUT2D eigenvalue weighted by Crippen LogP contribution is 2.32. The zero-order valence-corrected chi connectivity index (χ0v) is 12.3. The van der Waals surface area contributed by atoms with Gasteiger partial charge < -0.3 is 15.5 Å². The highest BCUT2D eigenvalue weighted by Gasteiger charge is 2.32. The average Bonchev–Trinajstić information content (AvgIpc) is 2.41. The second-order valence-electron chi connectivity index (χ2n) is 4.92. The van der Waals surface area contributed by atoms with Gasteiger partial charge in [-0.25, -0.2) is 10.8 Å². The lowest BCUT2D eigenvalue weighted by atomic mass is 10.1. The van der Waals surface area contributed by atoms with E-state index >= 15 is 0 Å². The number of ether oxygens (including phenoxy) is 1. The van der Waals surface area contributed by atoms with Gasteiger partial charge in [-0.2, -0.15) is 13.2 Å². The molecule has 0 aromatic carbocycles. The summed E-state index contributed by atoms with van der Waals surface area (Å²) in [5.41, 5.74) is 1.33. The van der Waals surface area contributed by atoms with Crippen LogP contribution in [0.15, 0.2) is 12.1 Å². The summed E-state index contributed by atoms with van der Waals surface area (Å²) in [4.78, 5) is 3.99. The molecule has 0 aliphatic rings. The molecule has 0 saturated heterocycles. The summed E-state index contributed by atoms with van der Waals surface area (Å²) in [7, 11) is 0. The molecule has 21 heavy (non-hydrogen) atoms. The fraction of sp³-hybridized carbons (Fsp3) is 0.615. The summed E-state index contributed by atoms with van der Waals surface area (Å²) in [6.45, 7) is 6.68. The quantitative estimate of drug-likeness (QED) is 0.534. The summed E-state index contributed by atoms with van der Waals surface area (Å²) in [6.07, 6.45) is -4.46. The number of halogens is 3. The van der Waals surface area contributed by atoms with Gasteiger partial charge >= 0.3 is 6.18 Å². The van der Waals surface area contributed by atoms with Crippen molar-refractivity contribution >= 4 is 11.6 Å². The molecule has 0 aliphatic heterocycles. The topological polar surface area (TPSA) is 72.2 Å². The van der Waals surface area contributed by atoms with Gasteiger partial charge in [-0.3, -0.25) is 0 Å². The van der Waals surface area contributed by atoms with E-state index in [1.807, 2.05) is 20.8 Å². The smallest absolute Gasteiger partial charge is 0.380 e. The molecule has 1 heterocycles. The predicted octanol–water partition coefficient (Wildman–Crippen LogP) is 2.86. The Morgan fingerprint density at radius 3 is 2.38 bits per heavy atom. The molecule has 0 spiro atoms. The van der Waals surface area contributed by atoms with Gasteiger partial charge in [0.2, 0.25) is 0 Å². The molecule has 120 valence electrons. The maximum atomic E-state index is 12.8. The normalized spacial score (nSPS) is 13.3.